The molecular formula is C18H25BrN4O4. The van der Waals surface area contributed by atoms with Gasteiger partial charge in [-0.25, -0.2) is 9.59 Å². The number of oxime groups is 1. The van der Waals surface area contributed by atoms with Crippen molar-refractivity contribution in [1.82, 2.24) is 4.90 Å². The lowest BCUT2D eigenvalue weighted by Gasteiger charge is -2.37. The zero-order valence-corrected chi connectivity index (χ0v) is 17.6. The number of piperazine rings is 1. The van der Waals surface area contributed by atoms with Crippen molar-refractivity contribution < 1.29 is 19.2 Å². The van der Waals surface area contributed by atoms with Crippen molar-refractivity contribution in [2.75, 3.05) is 31.1 Å². The first-order valence-electron chi connectivity index (χ1n) is 8.60. The van der Waals surface area contributed by atoms with Gasteiger partial charge in [-0.05, 0) is 61.8 Å². The predicted octanol–water partition coefficient (Wildman–Crippen LogP) is 2.96. The highest BCUT2D eigenvalue weighted by Crippen LogP contribution is 2.29. The van der Waals surface area contributed by atoms with Gasteiger partial charge in [0.25, 0.3) is 0 Å². The van der Waals surface area contributed by atoms with Crippen molar-refractivity contribution >= 4 is 39.5 Å². The van der Waals surface area contributed by atoms with Crippen LogP contribution in [0, 0.1) is 0 Å². The van der Waals surface area contributed by atoms with Crippen LogP contribution in [0.2, 0.25) is 0 Å². The molecule has 2 rings (SSSR count). The molecule has 148 valence electrons. The van der Waals surface area contributed by atoms with E-state index >= 15 is 0 Å². The highest BCUT2D eigenvalue weighted by atomic mass is 79.9. The van der Waals surface area contributed by atoms with Crippen molar-refractivity contribution in [3.05, 3.63) is 28.2 Å². The van der Waals surface area contributed by atoms with Gasteiger partial charge in [-0.3, -0.25) is 0 Å². The van der Waals surface area contributed by atoms with Crippen LogP contribution in [-0.4, -0.2) is 54.6 Å². The number of carbonyl (C=O) groups is 2. The summed E-state index contributed by atoms with van der Waals surface area (Å²) in [7, 11) is 0. The maximum absolute atomic E-state index is 12.2. The van der Waals surface area contributed by atoms with Crippen LogP contribution in [0.3, 0.4) is 0 Å². The van der Waals surface area contributed by atoms with E-state index in [2.05, 4.69) is 26.0 Å². The molecule has 1 aliphatic rings. The third-order valence-electron chi connectivity index (χ3n) is 3.73. The molecule has 0 atom stereocenters. The molecule has 1 fully saturated rings. The van der Waals surface area contributed by atoms with Gasteiger partial charge in [-0.15, -0.1) is 0 Å². The third-order valence-corrected chi connectivity index (χ3v) is 4.36. The minimum atomic E-state index is -0.582. The number of ether oxygens (including phenoxy) is 1. The van der Waals surface area contributed by atoms with Crippen LogP contribution in [0.15, 0.2) is 27.8 Å². The molecule has 0 spiro atoms. The molecule has 1 saturated heterocycles. The summed E-state index contributed by atoms with van der Waals surface area (Å²) in [6.45, 7) is 9.55. The van der Waals surface area contributed by atoms with E-state index in [-0.39, 0.29) is 11.9 Å². The summed E-state index contributed by atoms with van der Waals surface area (Å²) in [4.78, 5) is 32.7. The van der Waals surface area contributed by atoms with Crippen LogP contribution in [0.25, 0.3) is 0 Å². The Hall–Kier alpha value is -2.29. The fraction of sp³-hybridized carbons (Fsp3) is 0.500. The lowest BCUT2D eigenvalue weighted by molar-refractivity contribution is 0.0240. The van der Waals surface area contributed by atoms with Crippen molar-refractivity contribution in [1.29, 1.82) is 0 Å². The summed E-state index contributed by atoms with van der Waals surface area (Å²) in [5, 5.41) is 3.46. The molecule has 2 N–H and O–H groups in total. The van der Waals surface area contributed by atoms with Crippen molar-refractivity contribution in [3.63, 3.8) is 0 Å². The molecule has 9 heteroatoms. The van der Waals surface area contributed by atoms with E-state index < -0.39 is 11.6 Å². The van der Waals surface area contributed by atoms with Gasteiger partial charge in [0.1, 0.15) is 11.4 Å². The molecule has 27 heavy (non-hydrogen) atoms. The Morgan fingerprint density at radius 1 is 1.19 bits per heavy atom. The fourth-order valence-corrected chi connectivity index (χ4v) is 3.14. The van der Waals surface area contributed by atoms with Gasteiger partial charge in [-0.2, -0.15) is 0 Å². The van der Waals surface area contributed by atoms with Crippen LogP contribution < -0.4 is 10.6 Å². The molecule has 1 aromatic carbocycles. The van der Waals surface area contributed by atoms with Gasteiger partial charge >= 0.3 is 12.1 Å². The van der Waals surface area contributed by atoms with Gasteiger partial charge in [0, 0.05) is 30.7 Å². The second-order valence-corrected chi connectivity index (χ2v) is 8.09. The molecule has 0 aliphatic carbocycles. The monoisotopic (exact) mass is 440 g/mol. The molecule has 1 aliphatic heterocycles. The van der Waals surface area contributed by atoms with E-state index in [0.29, 0.717) is 31.7 Å². The Bertz CT molecular complexity index is 733. The van der Waals surface area contributed by atoms with Gasteiger partial charge in [0.2, 0.25) is 0 Å². The summed E-state index contributed by atoms with van der Waals surface area (Å²) in [5.41, 5.74) is 6.15. The van der Waals surface area contributed by atoms with Gasteiger partial charge in [0.05, 0.1) is 11.3 Å². The first kappa shape index (κ1) is 21.0. The number of amidine groups is 1. The molecule has 1 aromatic rings. The Balaban J connectivity index is 1.99. The average Bonchev–Trinajstić information content (AvgIpc) is 2.58. The summed E-state index contributed by atoms with van der Waals surface area (Å²) < 4.78 is 6.17. The second kappa shape index (κ2) is 8.60. The molecule has 0 radical (unpaired) electrons. The minimum absolute atomic E-state index is 0.168. The topological polar surface area (TPSA) is 97.5 Å². The Morgan fingerprint density at radius 2 is 1.81 bits per heavy atom. The first-order valence-corrected chi connectivity index (χ1v) is 9.40. The number of nitrogens with two attached hydrogens (primary N) is 1. The van der Waals surface area contributed by atoms with Crippen LogP contribution in [-0.2, 0) is 9.57 Å². The maximum atomic E-state index is 12.2. The number of rotatable bonds is 3. The van der Waals surface area contributed by atoms with Crippen molar-refractivity contribution in [3.8, 4) is 0 Å². The molecule has 0 saturated carbocycles. The van der Waals surface area contributed by atoms with Gasteiger partial charge < -0.3 is 25.1 Å². The molecule has 0 unspecified atom stereocenters. The number of hydrogen-bond acceptors (Lipinski definition) is 6. The van der Waals surface area contributed by atoms with Crippen LogP contribution in [0.1, 0.15) is 38.1 Å². The predicted molar refractivity (Wildman–Crippen MR) is 107 cm³/mol. The maximum Gasteiger partial charge on any atom is 0.410 e. The molecule has 1 heterocycles. The largest absolute Gasteiger partial charge is 0.444 e. The molecule has 0 bridgehead atoms. The Labute approximate surface area is 167 Å². The number of hydrogen-bond donors (Lipinski definition) is 1. The Kier molecular flexibility index (Phi) is 6.69. The van der Waals surface area contributed by atoms with E-state index in [4.69, 9.17) is 15.3 Å². The highest BCUT2D eigenvalue weighted by Gasteiger charge is 2.26. The van der Waals surface area contributed by atoms with E-state index in [1.165, 1.54) is 6.92 Å². The summed E-state index contributed by atoms with van der Waals surface area (Å²) >= 11 is 3.50. The highest BCUT2D eigenvalue weighted by molar-refractivity contribution is 9.10. The van der Waals surface area contributed by atoms with E-state index in [1.54, 1.807) is 17.0 Å². The smallest absolute Gasteiger partial charge is 0.410 e. The number of halogens is 1. The van der Waals surface area contributed by atoms with E-state index in [0.717, 1.165) is 10.2 Å². The summed E-state index contributed by atoms with van der Waals surface area (Å²) in [6, 6.07) is 5.19. The van der Waals surface area contributed by atoms with Crippen LogP contribution >= 0.6 is 15.9 Å². The number of nitrogens with zero attached hydrogens (tertiary/aromatic N) is 3. The third kappa shape index (κ3) is 6.13. The lowest BCUT2D eigenvalue weighted by Crippen LogP contribution is -2.50. The Morgan fingerprint density at radius 3 is 2.33 bits per heavy atom. The normalized spacial score (nSPS) is 15.5. The zero-order chi connectivity index (χ0) is 20.2. The molecular weight excluding hydrogens is 416 g/mol. The van der Waals surface area contributed by atoms with Gasteiger partial charge in [0.15, 0.2) is 0 Å². The van der Waals surface area contributed by atoms with Crippen molar-refractivity contribution in [2.24, 2.45) is 10.9 Å². The first-order chi connectivity index (χ1) is 12.6. The fourth-order valence-electron chi connectivity index (χ4n) is 2.51. The summed E-state index contributed by atoms with van der Waals surface area (Å²) in [5.74, 6) is -0.413. The van der Waals surface area contributed by atoms with Gasteiger partial charge in [-0.1, -0.05) is 5.16 Å². The summed E-state index contributed by atoms with van der Waals surface area (Å²) in [6.07, 6.45) is -0.296. The molecule has 1 amide bonds. The molecule has 0 aromatic heterocycles. The zero-order valence-electron chi connectivity index (χ0n) is 16.0. The second-order valence-electron chi connectivity index (χ2n) is 7.23. The van der Waals surface area contributed by atoms with Crippen LogP contribution in [0.5, 0.6) is 0 Å². The number of anilines is 1. The average molecular weight is 441 g/mol. The molecule has 8 nitrogen and oxygen atoms in total. The van der Waals surface area contributed by atoms with Crippen molar-refractivity contribution in [2.45, 2.75) is 33.3 Å². The van der Waals surface area contributed by atoms with E-state index in [1.807, 2.05) is 26.8 Å². The minimum Gasteiger partial charge on any atom is -0.444 e. The standard InChI is InChI=1S/C18H25BrN4O4/c1-12(20)21-27-16(24)13-5-6-15(14(19)11-13)22-7-9-23(10-8-22)17(25)26-18(2,3)4/h5-6,11H,7-10H2,1-4H3,(H2,20,21). The number of amides is 1. The number of carbonyl (C=O) groups excluding carboxylic acids is 2. The van der Waals surface area contributed by atoms with E-state index in [9.17, 15) is 9.59 Å². The lowest BCUT2D eigenvalue weighted by atomic mass is 10.2. The SMILES string of the molecule is C/C(N)=N/OC(=O)c1ccc(N2CCN(C(=O)OC(C)(C)C)CC2)c(Br)c1. The van der Waals surface area contributed by atoms with Crippen LogP contribution in [0.4, 0.5) is 10.5 Å². The number of benzene rings is 1. The quantitative estimate of drug-likeness (QED) is 0.335.